The molecule has 1 rings (SSSR count). The average molecular weight is 340 g/mol. The van der Waals surface area contributed by atoms with Crippen LogP contribution >= 0.6 is 22.6 Å². The van der Waals surface area contributed by atoms with Crippen molar-refractivity contribution in [2.24, 2.45) is 11.3 Å². The van der Waals surface area contributed by atoms with Crippen molar-refractivity contribution in [2.75, 3.05) is 6.61 Å². The van der Waals surface area contributed by atoms with Crippen LogP contribution in [0, 0.1) is 11.3 Å². The lowest BCUT2D eigenvalue weighted by Crippen LogP contribution is -2.37. The number of hydrogen-bond donors (Lipinski definition) is 0. The van der Waals surface area contributed by atoms with E-state index in [0.29, 0.717) is 6.61 Å². The highest BCUT2D eigenvalue weighted by Gasteiger charge is 2.47. The molecule has 1 saturated heterocycles. The number of cyclic esters (lactones) is 1. The molecule has 0 amide bonds. The first kappa shape index (κ1) is 13.7. The van der Waals surface area contributed by atoms with Gasteiger partial charge in [0.05, 0.1) is 0 Å². The molecule has 0 aromatic rings. The average Bonchev–Trinajstić information content (AvgIpc) is 2.43. The van der Waals surface area contributed by atoms with Gasteiger partial charge in [0.2, 0.25) is 6.10 Å². The van der Waals surface area contributed by atoms with Crippen molar-refractivity contribution < 1.29 is 19.1 Å². The minimum absolute atomic E-state index is 0.189. The molecule has 5 heteroatoms. The van der Waals surface area contributed by atoms with Crippen molar-refractivity contribution in [3.8, 4) is 0 Å². The molecule has 16 heavy (non-hydrogen) atoms. The third-order valence-corrected chi connectivity index (χ3v) is 4.50. The minimum atomic E-state index is -0.768. The van der Waals surface area contributed by atoms with Crippen LogP contribution < -0.4 is 0 Å². The van der Waals surface area contributed by atoms with Gasteiger partial charge in [-0.15, -0.1) is 0 Å². The number of alkyl halides is 1. The summed E-state index contributed by atoms with van der Waals surface area (Å²) in [6.45, 7) is 7.89. The third-order valence-electron chi connectivity index (χ3n) is 2.55. The number of carbonyl (C=O) groups excluding carboxylic acids is 2. The predicted octanol–water partition coefficient (Wildman–Crippen LogP) is 1.94. The molecule has 0 N–H and O–H groups in total. The third kappa shape index (κ3) is 2.87. The molecule has 0 saturated carbocycles. The summed E-state index contributed by atoms with van der Waals surface area (Å²) in [4.78, 5) is 23.2. The maximum absolute atomic E-state index is 11.7. The first-order valence-corrected chi connectivity index (χ1v) is 6.51. The summed E-state index contributed by atoms with van der Waals surface area (Å²) in [6, 6.07) is 0. The fraction of sp³-hybridized carbons (Fsp3) is 0.818. The van der Waals surface area contributed by atoms with Crippen LogP contribution in [0.1, 0.15) is 27.7 Å². The van der Waals surface area contributed by atoms with Gasteiger partial charge in [-0.2, -0.15) is 0 Å². The van der Waals surface area contributed by atoms with Crippen LogP contribution in [0.2, 0.25) is 0 Å². The highest BCUT2D eigenvalue weighted by molar-refractivity contribution is 14.1. The van der Waals surface area contributed by atoms with Crippen molar-refractivity contribution in [3.63, 3.8) is 0 Å². The van der Waals surface area contributed by atoms with Crippen LogP contribution in [0.5, 0.6) is 0 Å². The van der Waals surface area contributed by atoms with Gasteiger partial charge in [-0.3, -0.25) is 4.79 Å². The first-order valence-electron chi connectivity index (χ1n) is 5.27. The van der Waals surface area contributed by atoms with Crippen molar-refractivity contribution in [3.05, 3.63) is 0 Å². The highest BCUT2D eigenvalue weighted by Crippen LogP contribution is 2.32. The van der Waals surface area contributed by atoms with E-state index in [1.165, 1.54) is 0 Å². The number of carbonyl (C=O) groups is 2. The zero-order chi connectivity index (χ0) is 12.5. The van der Waals surface area contributed by atoms with Gasteiger partial charge in [-0.05, 0) is 5.92 Å². The lowest BCUT2D eigenvalue weighted by Gasteiger charge is -2.23. The number of ether oxygens (including phenoxy) is 2. The molecular formula is C11H17IO4. The molecule has 1 fully saturated rings. The zero-order valence-electron chi connectivity index (χ0n) is 9.95. The van der Waals surface area contributed by atoms with Crippen LogP contribution in [0.4, 0.5) is 0 Å². The molecule has 0 aromatic heterocycles. The molecule has 2 atom stereocenters. The van der Waals surface area contributed by atoms with Gasteiger partial charge in [-0.1, -0.05) is 50.3 Å². The second kappa shape index (κ2) is 4.89. The Morgan fingerprint density at radius 3 is 2.50 bits per heavy atom. The van der Waals surface area contributed by atoms with Gasteiger partial charge in [0, 0.05) is 5.41 Å². The summed E-state index contributed by atoms with van der Waals surface area (Å²) in [5, 5.41) is 0. The topological polar surface area (TPSA) is 52.6 Å². The lowest BCUT2D eigenvalue weighted by molar-refractivity contribution is -0.162. The molecule has 0 unspecified atom stereocenters. The van der Waals surface area contributed by atoms with Crippen LogP contribution in [0.25, 0.3) is 0 Å². The summed E-state index contributed by atoms with van der Waals surface area (Å²) in [5.41, 5.74) is -0.430. The fourth-order valence-corrected chi connectivity index (χ4v) is 1.54. The molecule has 4 nitrogen and oxygen atoms in total. The molecule has 0 aliphatic carbocycles. The number of rotatable bonds is 3. The second-order valence-corrected chi connectivity index (χ2v) is 6.40. The molecule has 0 aromatic carbocycles. The SMILES string of the molecule is CC(C)[C@H](I)C(=O)O[C@H]1C(=O)OCC1(C)C. The molecule has 0 radical (unpaired) electrons. The zero-order valence-corrected chi connectivity index (χ0v) is 12.1. The largest absolute Gasteiger partial charge is 0.462 e. The van der Waals surface area contributed by atoms with Gasteiger partial charge < -0.3 is 9.47 Å². The van der Waals surface area contributed by atoms with E-state index >= 15 is 0 Å². The van der Waals surface area contributed by atoms with E-state index in [1.54, 1.807) is 0 Å². The highest BCUT2D eigenvalue weighted by atomic mass is 127. The maximum atomic E-state index is 11.7. The molecular weight excluding hydrogens is 323 g/mol. The van der Waals surface area contributed by atoms with Gasteiger partial charge in [0.1, 0.15) is 10.5 Å². The normalized spacial score (nSPS) is 25.4. The molecule has 92 valence electrons. The summed E-state index contributed by atoms with van der Waals surface area (Å²) in [7, 11) is 0. The van der Waals surface area contributed by atoms with Crippen LogP contribution in [0.3, 0.4) is 0 Å². The summed E-state index contributed by atoms with van der Waals surface area (Å²) < 4.78 is 9.91. The maximum Gasteiger partial charge on any atom is 0.348 e. The van der Waals surface area contributed by atoms with E-state index in [2.05, 4.69) is 0 Å². The van der Waals surface area contributed by atoms with Crippen molar-refractivity contribution >= 4 is 34.5 Å². The van der Waals surface area contributed by atoms with Crippen LogP contribution in [-0.2, 0) is 19.1 Å². The number of hydrogen-bond acceptors (Lipinski definition) is 4. The Hall–Kier alpha value is -0.330. The molecule has 0 spiro atoms. The predicted molar refractivity (Wildman–Crippen MR) is 67.3 cm³/mol. The number of esters is 2. The van der Waals surface area contributed by atoms with Gasteiger partial charge in [0.15, 0.2) is 0 Å². The Labute approximate surface area is 109 Å². The van der Waals surface area contributed by atoms with Crippen LogP contribution in [0.15, 0.2) is 0 Å². The summed E-state index contributed by atoms with van der Waals surface area (Å²) >= 11 is 2.04. The van der Waals surface area contributed by atoms with E-state index in [-0.39, 0.29) is 15.8 Å². The fourth-order valence-electron chi connectivity index (χ4n) is 1.39. The van der Waals surface area contributed by atoms with E-state index < -0.39 is 17.5 Å². The van der Waals surface area contributed by atoms with Gasteiger partial charge in [-0.25, -0.2) is 4.79 Å². The quantitative estimate of drug-likeness (QED) is 0.448. The molecule has 1 aliphatic heterocycles. The van der Waals surface area contributed by atoms with Crippen molar-refractivity contribution in [2.45, 2.75) is 37.7 Å². The van der Waals surface area contributed by atoms with E-state index in [0.717, 1.165) is 0 Å². The van der Waals surface area contributed by atoms with Gasteiger partial charge in [0.25, 0.3) is 0 Å². The van der Waals surface area contributed by atoms with Crippen LogP contribution in [-0.4, -0.2) is 28.6 Å². The molecule has 1 aliphatic rings. The van der Waals surface area contributed by atoms with E-state index in [1.807, 2.05) is 50.3 Å². The second-order valence-electron chi connectivity index (χ2n) is 5.06. The monoisotopic (exact) mass is 340 g/mol. The Morgan fingerprint density at radius 2 is 2.12 bits per heavy atom. The van der Waals surface area contributed by atoms with Crippen molar-refractivity contribution in [1.29, 1.82) is 0 Å². The Kier molecular flexibility index (Phi) is 4.20. The lowest BCUT2D eigenvalue weighted by atomic mass is 9.90. The Balaban J connectivity index is 2.67. The van der Waals surface area contributed by atoms with Crippen molar-refractivity contribution in [1.82, 2.24) is 0 Å². The standard InChI is InChI=1S/C11H17IO4/c1-6(2)7(12)9(13)16-8-10(14)15-5-11(8,3)4/h6-8H,5H2,1-4H3/t7-,8-/m0/s1. The summed E-state index contributed by atoms with van der Waals surface area (Å²) in [6.07, 6.45) is -0.768. The van der Waals surface area contributed by atoms with Gasteiger partial charge >= 0.3 is 11.9 Å². The smallest absolute Gasteiger partial charge is 0.348 e. The first-order chi connectivity index (χ1) is 7.25. The minimum Gasteiger partial charge on any atom is -0.462 e. The van der Waals surface area contributed by atoms with E-state index in [4.69, 9.17) is 9.47 Å². The Bertz CT molecular complexity index is 298. The van der Waals surface area contributed by atoms with E-state index in [9.17, 15) is 9.59 Å². The summed E-state index contributed by atoms with van der Waals surface area (Å²) in [5.74, 6) is -0.591. The molecule has 1 heterocycles. The number of halogens is 1. The molecule has 0 bridgehead atoms. The Morgan fingerprint density at radius 1 is 1.56 bits per heavy atom.